The maximum Gasteiger partial charge on any atom is 0.178 e. The monoisotopic (exact) mass is 571 g/mol. The Hall–Kier alpha value is -5.86. The Morgan fingerprint density at radius 3 is 1.66 bits per heavy atom. The lowest BCUT2D eigenvalue weighted by Gasteiger charge is -2.12. The Morgan fingerprint density at radius 2 is 0.932 bits per heavy atom. The van der Waals surface area contributed by atoms with Gasteiger partial charge in [0.05, 0.1) is 15.1 Å². The van der Waals surface area contributed by atoms with Crippen LogP contribution in [0.1, 0.15) is 15.1 Å². The molecule has 0 aliphatic heterocycles. The van der Waals surface area contributed by atoms with E-state index in [2.05, 4.69) is 0 Å². The Kier molecular flexibility index (Phi) is 3.12. The fourth-order valence-electron chi connectivity index (χ4n) is 6.35. The molecule has 0 aliphatic rings. The van der Waals surface area contributed by atoms with Gasteiger partial charge < -0.3 is 8.83 Å². The minimum Gasteiger partial charge on any atom is -0.452 e. The number of hydrogen-bond acceptors (Lipinski definition) is 2. The van der Waals surface area contributed by atoms with Crippen LogP contribution in [0, 0.1) is 0 Å². The molecule has 0 unspecified atom stereocenters. The van der Waals surface area contributed by atoms with Gasteiger partial charge in [0.15, 0.2) is 11.2 Å². The summed E-state index contributed by atoms with van der Waals surface area (Å²) in [7, 11) is 0. The average Bonchev–Trinajstić information content (AvgIpc) is 3.77. The molecule has 8 aromatic carbocycles. The molecular weight excluding hydrogens is 536 g/mol. The number of para-hydroxylation sites is 1. The highest BCUT2D eigenvalue weighted by Gasteiger charge is 2.16. The Balaban J connectivity index is 1.23. The molecular formula is C42H24O2. The van der Waals surface area contributed by atoms with Crippen LogP contribution in [0.25, 0.3) is 98.4 Å². The van der Waals surface area contributed by atoms with Crippen molar-refractivity contribution in [3.63, 3.8) is 0 Å². The molecule has 44 heavy (non-hydrogen) atoms. The zero-order valence-electron chi connectivity index (χ0n) is 33.8. The van der Waals surface area contributed by atoms with Crippen molar-refractivity contribution in [3.8, 4) is 22.3 Å². The number of rotatable bonds is 2. The summed E-state index contributed by atoms with van der Waals surface area (Å²) in [5, 5.41) is 2.75. The van der Waals surface area contributed by atoms with Crippen LogP contribution in [0.3, 0.4) is 0 Å². The largest absolute Gasteiger partial charge is 0.452 e. The van der Waals surface area contributed by atoms with Crippen molar-refractivity contribution in [2.24, 2.45) is 0 Å². The quantitative estimate of drug-likeness (QED) is 0.193. The molecule has 10 aromatic rings. The van der Waals surface area contributed by atoms with Gasteiger partial charge in [0.1, 0.15) is 11.2 Å². The first kappa shape index (κ1) is 15.6. The maximum absolute atomic E-state index is 9.57. The lowest BCUT2D eigenvalue weighted by Crippen LogP contribution is -1.85. The minimum atomic E-state index is -0.605. The van der Waals surface area contributed by atoms with Gasteiger partial charge in [-0.2, -0.15) is 0 Å². The summed E-state index contributed by atoms with van der Waals surface area (Å²) in [5.41, 5.74) is 4.72. The second-order valence-corrected chi connectivity index (χ2v) is 10.8. The molecule has 0 saturated heterocycles. The van der Waals surface area contributed by atoms with E-state index in [-0.39, 0.29) is 50.0 Å². The van der Waals surface area contributed by atoms with E-state index in [0.717, 1.165) is 38.3 Å². The SMILES string of the molecule is [2H]c1c([2H])c([2H])c2c(c1[2H])c1c([2H])c([2H])c([2H])c([2H])c1c1c([2H])c(-c3cccc(-c4ccc5oc6c(ccc7c8ccccc8oc76)c5c4)c3)c([2H])c([2H])c21. The summed E-state index contributed by atoms with van der Waals surface area (Å²) in [6.45, 7) is 0. The number of hydrogen-bond donors (Lipinski definition) is 0. The zero-order valence-corrected chi connectivity index (χ0v) is 22.8. The zero-order chi connectivity index (χ0) is 38.3. The maximum atomic E-state index is 9.57. The van der Waals surface area contributed by atoms with E-state index < -0.39 is 54.4 Å². The lowest BCUT2D eigenvalue weighted by atomic mass is 9.91. The van der Waals surface area contributed by atoms with Crippen LogP contribution in [0.5, 0.6) is 0 Å². The molecule has 2 heteroatoms. The van der Waals surface area contributed by atoms with Crippen molar-refractivity contribution in [2.75, 3.05) is 0 Å². The predicted molar refractivity (Wildman–Crippen MR) is 184 cm³/mol. The van der Waals surface area contributed by atoms with Crippen molar-refractivity contribution in [2.45, 2.75) is 0 Å². The van der Waals surface area contributed by atoms with E-state index in [0.29, 0.717) is 22.3 Å². The lowest BCUT2D eigenvalue weighted by molar-refractivity contribution is 0.633. The third-order valence-corrected chi connectivity index (χ3v) is 8.41. The fourth-order valence-corrected chi connectivity index (χ4v) is 6.35. The number of furan rings is 2. The molecule has 10 rings (SSSR count). The summed E-state index contributed by atoms with van der Waals surface area (Å²) >= 11 is 0. The third kappa shape index (κ3) is 3.31. The fraction of sp³-hybridized carbons (Fsp3) is 0. The van der Waals surface area contributed by atoms with Crippen LogP contribution >= 0.6 is 0 Å². The molecule has 204 valence electrons. The van der Waals surface area contributed by atoms with Crippen molar-refractivity contribution < 1.29 is 23.9 Å². The summed E-state index contributed by atoms with van der Waals surface area (Å²) < 4.78 is 110. The molecule has 0 radical (unpaired) electrons. The van der Waals surface area contributed by atoms with Gasteiger partial charge in [0, 0.05) is 21.5 Å². The van der Waals surface area contributed by atoms with Crippen molar-refractivity contribution in [1.29, 1.82) is 0 Å². The van der Waals surface area contributed by atoms with Crippen molar-refractivity contribution in [1.82, 2.24) is 0 Å². The first-order valence-corrected chi connectivity index (χ1v) is 14.1. The van der Waals surface area contributed by atoms with E-state index in [1.54, 1.807) is 18.2 Å². The van der Waals surface area contributed by atoms with Crippen LogP contribution in [0.4, 0.5) is 0 Å². The van der Waals surface area contributed by atoms with Crippen LogP contribution in [-0.2, 0) is 0 Å². The number of benzene rings is 8. The van der Waals surface area contributed by atoms with Crippen molar-refractivity contribution in [3.05, 3.63) is 145 Å². The van der Waals surface area contributed by atoms with Gasteiger partial charge >= 0.3 is 0 Å². The highest BCUT2D eigenvalue weighted by molar-refractivity contribution is 6.26. The van der Waals surface area contributed by atoms with E-state index in [1.807, 2.05) is 60.7 Å². The highest BCUT2D eigenvalue weighted by atomic mass is 16.4. The van der Waals surface area contributed by atoms with Crippen molar-refractivity contribution >= 4 is 76.2 Å². The Labute approximate surface area is 267 Å². The van der Waals surface area contributed by atoms with Crippen LogP contribution in [0.15, 0.2) is 154 Å². The van der Waals surface area contributed by atoms with E-state index >= 15 is 0 Å². The second kappa shape index (κ2) is 8.82. The van der Waals surface area contributed by atoms with Gasteiger partial charge in [-0.25, -0.2) is 0 Å². The van der Waals surface area contributed by atoms with Crippen LogP contribution in [0.2, 0.25) is 0 Å². The summed E-state index contributed by atoms with van der Waals surface area (Å²) in [4.78, 5) is 0. The second-order valence-electron chi connectivity index (χ2n) is 10.8. The predicted octanol–water partition coefficient (Wildman–Crippen LogP) is 12.3. The normalized spacial score (nSPS) is 15.6. The molecule has 0 aliphatic carbocycles. The summed E-state index contributed by atoms with van der Waals surface area (Å²) in [6.07, 6.45) is 0. The Bertz CT molecular complexity index is 3360. The van der Waals surface area contributed by atoms with Crippen LogP contribution < -0.4 is 0 Å². The summed E-state index contributed by atoms with van der Waals surface area (Å²) in [6, 6.07) is 19.2. The van der Waals surface area contributed by atoms with Gasteiger partial charge in [-0.05, 0) is 97.0 Å². The molecule has 0 fully saturated rings. The molecule has 0 bridgehead atoms. The first-order valence-electron chi connectivity index (χ1n) is 19.6. The van der Waals surface area contributed by atoms with Gasteiger partial charge in [-0.15, -0.1) is 0 Å². The molecule has 0 spiro atoms. The van der Waals surface area contributed by atoms with Gasteiger partial charge in [-0.3, -0.25) is 0 Å². The first-order chi connectivity index (χ1) is 26.4. The molecule has 0 saturated carbocycles. The van der Waals surface area contributed by atoms with E-state index in [1.165, 1.54) is 0 Å². The van der Waals surface area contributed by atoms with E-state index in [9.17, 15) is 4.11 Å². The average molecular weight is 572 g/mol. The minimum absolute atomic E-state index is 0.0374. The summed E-state index contributed by atoms with van der Waals surface area (Å²) in [5.74, 6) is 0. The highest BCUT2D eigenvalue weighted by Crippen LogP contribution is 2.41. The standard InChI is InChI=1S/C42H24O2/c1-2-12-31-29(10-1)30-11-3-4-13-32(30)37-23-27(16-18-33(31)37)25-8-7-9-26(22-25)28-17-21-40-38(24-28)36-20-19-35-34-14-5-6-15-39(34)43-41(35)42(36)44-40/h1-24H/i1D,2D,3D,4D,10D,11D,12D,13D,16D,18D,23D. The van der Waals surface area contributed by atoms with Gasteiger partial charge in [0.2, 0.25) is 0 Å². The third-order valence-electron chi connectivity index (χ3n) is 8.41. The molecule has 0 amide bonds. The molecule has 0 N–H and O–H groups in total. The van der Waals surface area contributed by atoms with Gasteiger partial charge in [0.25, 0.3) is 0 Å². The molecule has 2 heterocycles. The molecule has 0 atom stereocenters. The van der Waals surface area contributed by atoms with Gasteiger partial charge in [-0.1, -0.05) is 103 Å². The van der Waals surface area contributed by atoms with Crippen LogP contribution in [-0.4, -0.2) is 0 Å². The molecule has 2 aromatic heterocycles. The molecule has 2 nitrogen and oxygen atoms in total. The van der Waals surface area contributed by atoms with E-state index in [4.69, 9.17) is 19.8 Å². The Morgan fingerprint density at radius 1 is 0.364 bits per heavy atom. The number of fused-ring (bicyclic) bond motifs is 13. The smallest absolute Gasteiger partial charge is 0.178 e. The topological polar surface area (TPSA) is 26.3 Å².